The lowest BCUT2D eigenvalue weighted by molar-refractivity contribution is -0.186. The predicted octanol–water partition coefficient (Wildman–Crippen LogP) is -4.05. The molecule has 20 heavy (non-hydrogen) atoms. The molecular weight excluding hydrogens is 278 g/mol. The molecule has 0 saturated carbocycles. The fourth-order valence-electron chi connectivity index (χ4n) is 1.09. The molecule has 5 N–H and O–H groups in total. The number of ether oxygens (including phenoxy) is 1. The van der Waals surface area contributed by atoms with Gasteiger partial charge in [-0.25, -0.2) is 10.3 Å². The second-order valence-electron chi connectivity index (χ2n) is 3.50. The average Bonchev–Trinajstić information content (AvgIpc) is 2.45. The van der Waals surface area contributed by atoms with E-state index in [2.05, 4.69) is 14.4 Å². The van der Waals surface area contributed by atoms with E-state index in [9.17, 15) is 19.8 Å². The maximum absolute atomic E-state index is 11.3. The number of hydroxylamine groups is 1. The van der Waals surface area contributed by atoms with Gasteiger partial charge in [0.15, 0.2) is 0 Å². The quantitative estimate of drug-likeness (QED) is 0.0984. The Morgan fingerprint density at radius 2 is 1.95 bits per heavy atom. The summed E-state index contributed by atoms with van der Waals surface area (Å²) in [5.41, 5.74) is 9.70. The van der Waals surface area contributed by atoms with Crippen molar-refractivity contribution in [3.63, 3.8) is 0 Å². The summed E-state index contributed by atoms with van der Waals surface area (Å²) in [7, 11) is 0.956. The Morgan fingerprint density at radius 1 is 1.35 bits per heavy atom. The molecule has 0 saturated heterocycles. The minimum Gasteiger partial charge on any atom is -0.467 e. The zero-order valence-corrected chi connectivity index (χ0v) is 10.4. The molecule has 0 aromatic rings. The van der Waals surface area contributed by atoms with E-state index in [1.54, 1.807) is 5.48 Å². The van der Waals surface area contributed by atoms with Gasteiger partial charge < -0.3 is 30.7 Å². The van der Waals surface area contributed by atoms with Gasteiger partial charge in [-0.1, -0.05) is 0 Å². The van der Waals surface area contributed by atoms with E-state index >= 15 is 0 Å². The van der Waals surface area contributed by atoms with E-state index in [-0.39, 0.29) is 0 Å². The summed E-state index contributed by atoms with van der Waals surface area (Å²) >= 11 is 0. The topological polar surface area (TPSA) is 182 Å². The summed E-state index contributed by atoms with van der Waals surface area (Å²) in [6.07, 6.45) is -7.16. The first-order chi connectivity index (χ1) is 9.38. The number of nitrogens with zero attached hydrogens (tertiary/aromatic N) is 2. The molecular formula is C9H15N3O8. The molecule has 0 radical (unpaired) electrons. The minimum absolute atomic E-state index is 0.402. The third-order valence-corrected chi connectivity index (χ3v) is 2.14. The lowest BCUT2D eigenvalue weighted by Crippen LogP contribution is -2.52. The van der Waals surface area contributed by atoms with Gasteiger partial charge in [-0.3, -0.25) is 9.63 Å². The van der Waals surface area contributed by atoms with Crippen LogP contribution in [0.1, 0.15) is 0 Å². The number of rotatable bonds is 8. The van der Waals surface area contributed by atoms with E-state index in [0.29, 0.717) is 6.21 Å². The van der Waals surface area contributed by atoms with E-state index in [0.717, 1.165) is 7.11 Å². The Labute approximate surface area is 112 Å². The number of amides is 1. The summed E-state index contributed by atoms with van der Waals surface area (Å²) < 4.78 is 4.28. The van der Waals surface area contributed by atoms with Gasteiger partial charge in [-0.2, -0.15) is 4.79 Å². The highest BCUT2D eigenvalue weighted by molar-refractivity contribution is 6.23. The molecule has 0 aliphatic heterocycles. The fraction of sp³-hybridized carbons (Fsp3) is 0.667. The molecule has 0 heterocycles. The second-order valence-corrected chi connectivity index (χ2v) is 3.50. The average molecular weight is 293 g/mol. The largest absolute Gasteiger partial charge is 0.467 e. The van der Waals surface area contributed by atoms with Crippen LogP contribution in [-0.4, -0.2) is 81.4 Å². The van der Waals surface area contributed by atoms with Crippen molar-refractivity contribution in [3.8, 4) is 0 Å². The molecule has 11 nitrogen and oxygen atoms in total. The van der Waals surface area contributed by atoms with Gasteiger partial charge in [0, 0.05) is 0 Å². The minimum atomic E-state index is -2.00. The number of carbonyl (C=O) groups is 2. The van der Waals surface area contributed by atoms with Crippen LogP contribution in [0.25, 0.3) is 5.53 Å². The molecule has 114 valence electrons. The standard InChI is InChI=1S/C9H15N3O8/c1-19-9(18)8(20-12-5(15)2-11-10)7(17)6(16)4(14)3-13/h2,4,6-8,13-14,16-17H,3H2,1H3,(H,12,15). The smallest absolute Gasteiger partial charge is 0.349 e. The van der Waals surface area contributed by atoms with Crippen LogP contribution < -0.4 is 5.48 Å². The van der Waals surface area contributed by atoms with Crippen LogP contribution in [0.4, 0.5) is 0 Å². The SMILES string of the molecule is COC(=O)C(ONC(=O)C=[N+]=[N-])C(O)C(O)C(O)CO. The van der Waals surface area contributed by atoms with Gasteiger partial charge in [0.05, 0.1) is 13.7 Å². The van der Waals surface area contributed by atoms with Gasteiger partial charge in [-0.15, -0.1) is 0 Å². The lowest BCUT2D eigenvalue weighted by Gasteiger charge is -2.26. The van der Waals surface area contributed by atoms with Crippen molar-refractivity contribution < 1.29 is 44.4 Å². The van der Waals surface area contributed by atoms with Crippen molar-refractivity contribution >= 4 is 18.1 Å². The number of aliphatic hydroxyl groups excluding tert-OH is 4. The number of hydrogen-bond acceptors (Lipinski definition) is 8. The van der Waals surface area contributed by atoms with Crippen molar-refractivity contribution in [1.82, 2.24) is 5.48 Å². The first kappa shape index (κ1) is 18.1. The Morgan fingerprint density at radius 3 is 2.40 bits per heavy atom. The highest BCUT2D eigenvalue weighted by Gasteiger charge is 2.38. The number of esters is 1. The molecule has 11 heteroatoms. The van der Waals surface area contributed by atoms with Crippen LogP contribution in [0.2, 0.25) is 0 Å². The van der Waals surface area contributed by atoms with Crippen LogP contribution in [-0.2, 0) is 19.2 Å². The summed E-state index contributed by atoms with van der Waals surface area (Å²) in [6, 6.07) is 0. The number of carbonyl (C=O) groups excluding carboxylic acids is 2. The number of nitrogens with one attached hydrogen (secondary N) is 1. The molecule has 4 atom stereocenters. The lowest BCUT2D eigenvalue weighted by atomic mass is 10.0. The van der Waals surface area contributed by atoms with E-state index in [1.165, 1.54) is 0 Å². The maximum Gasteiger partial charge on any atom is 0.349 e. The second kappa shape index (κ2) is 9.09. The Kier molecular flexibility index (Phi) is 8.24. The first-order valence-electron chi connectivity index (χ1n) is 5.25. The molecule has 0 rings (SSSR count). The van der Waals surface area contributed by atoms with Crippen LogP contribution >= 0.6 is 0 Å². The molecule has 1 amide bonds. The van der Waals surface area contributed by atoms with Gasteiger partial charge >= 0.3 is 18.1 Å². The van der Waals surface area contributed by atoms with E-state index in [4.69, 9.17) is 15.7 Å². The van der Waals surface area contributed by atoms with Crippen molar-refractivity contribution in [1.29, 1.82) is 0 Å². The normalized spacial score (nSPS) is 16.2. The predicted molar refractivity (Wildman–Crippen MR) is 59.8 cm³/mol. The van der Waals surface area contributed by atoms with Gasteiger partial charge in [0.25, 0.3) is 0 Å². The molecule has 4 unspecified atom stereocenters. The monoisotopic (exact) mass is 293 g/mol. The maximum atomic E-state index is 11.3. The van der Waals surface area contributed by atoms with Gasteiger partial charge in [-0.05, 0) is 0 Å². The third-order valence-electron chi connectivity index (χ3n) is 2.14. The summed E-state index contributed by atoms with van der Waals surface area (Å²) in [5.74, 6) is -2.23. The summed E-state index contributed by atoms with van der Waals surface area (Å²) in [4.78, 5) is 29.1. The van der Waals surface area contributed by atoms with E-state index in [1.807, 2.05) is 0 Å². The highest BCUT2D eigenvalue weighted by Crippen LogP contribution is 2.09. The molecule has 0 aliphatic rings. The number of methoxy groups -OCH3 is 1. The molecule has 0 spiro atoms. The van der Waals surface area contributed by atoms with Crippen molar-refractivity contribution in [2.75, 3.05) is 13.7 Å². The third kappa shape index (κ3) is 5.40. The number of hydrogen-bond donors (Lipinski definition) is 5. The Balaban J connectivity index is 4.83. The molecule has 0 bridgehead atoms. The van der Waals surface area contributed by atoms with Crippen molar-refractivity contribution in [2.45, 2.75) is 24.4 Å². The first-order valence-corrected chi connectivity index (χ1v) is 5.25. The van der Waals surface area contributed by atoms with Crippen LogP contribution in [0, 0.1) is 0 Å². The molecule has 0 aromatic carbocycles. The summed E-state index contributed by atoms with van der Waals surface area (Å²) in [6.45, 7) is -0.879. The Hall–Kier alpha value is -1.88. The number of aliphatic hydroxyl groups is 4. The molecule has 0 aromatic heterocycles. The highest BCUT2D eigenvalue weighted by atomic mass is 16.7. The molecule has 0 fully saturated rings. The van der Waals surface area contributed by atoms with Crippen LogP contribution in [0.15, 0.2) is 0 Å². The van der Waals surface area contributed by atoms with Crippen molar-refractivity contribution in [3.05, 3.63) is 5.53 Å². The fourth-order valence-corrected chi connectivity index (χ4v) is 1.09. The zero-order valence-electron chi connectivity index (χ0n) is 10.4. The zero-order chi connectivity index (χ0) is 15.7. The van der Waals surface area contributed by atoms with Gasteiger partial charge in [0.2, 0.25) is 6.10 Å². The Bertz CT molecular complexity index is 383. The van der Waals surface area contributed by atoms with Crippen LogP contribution in [0.3, 0.4) is 0 Å². The van der Waals surface area contributed by atoms with Crippen molar-refractivity contribution in [2.24, 2.45) is 0 Å². The van der Waals surface area contributed by atoms with Crippen LogP contribution in [0.5, 0.6) is 0 Å². The summed E-state index contributed by atoms with van der Waals surface area (Å²) in [5, 5.41) is 36.9. The molecule has 0 aliphatic carbocycles. The van der Waals surface area contributed by atoms with Gasteiger partial charge in [0.1, 0.15) is 18.3 Å². The van der Waals surface area contributed by atoms with E-state index < -0.39 is 42.9 Å².